The van der Waals surface area contributed by atoms with Crippen molar-refractivity contribution in [2.75, 3.05) is 0 Å². The molecule has 0 fully saturated rings. The van der Waals surface area contributed by atoms with Gasteiger partial charge in [0.2, 0.25) is 0 Å². The number of nitrogens with zero attached hydrogens (tertiary/aromatic N) is 2. The quantitative estimate of drug-likeness (QED) is 0.862. The third-order valence-electron chi connectivity index (χ3n) is 1.89. The van der Waals surface area contributed by atoms with Crippen molar-refractivity contribution in [3.63, 3.8) is 0 Å². The van der Waals surface area contributed by atoms with Crippen LogP contribution in [0.2, 0.25) is 5.02 Å². The minimum absolute atomic E-state index is 0.0475. The third-order valence-corrected chi connectivity index (χ3v) is 3.36. The fourth-order valence-electron chi connectivity index (χ4n) is 1.15. The molecule has 0 aliphatic rings. The van der Waals surface area contributed by atoms with E-state index in [2.05, 4.69) is 15.2 Å². The number of hydrogen-bond acceptors (Lipinski definition) is 4. The van der Waals surface area contributed by atoms with Crippen molar-refractivity contribution in [3.8, 4) is 11.4 Å². The summed E-state index contributed by atoms with van der Waals surface area (Å²) in [4.78, 5) is 3.62. The van der Waals surface area contributed by atoms with Gasteiger partial charge in [-0.3, -0.25) is 0 Å². The number of halogens is 3. The normalized spacial score (nSPS) is 11.7. The molecule has 2 aromatic rings. The van der Waals surface area contributed by atoms with E-state index >= 15 is 0 Å². The molecule has 1 heterocycles. The Balaban J connectivity index is 2.55. The van der Waals surface area contributed by atoms with Gasteiger partial charge in [-0.15, -0.1) is 0 Å². The van der Waals surface area contributed by atoms with Gasteiger partial charge in [0.05, 0.1) is 5.02 Å². The van der Waals surface area contributed by atoms with Crippen LogP contribution >= 0.6 is 22.3 Å². The van der Waals surface area contributed by atoms with E-state index < -0.39 is 20.0 Å². The second-order valence-corrected chi connectivity index (χ2v) is 5.86. The number of aromatic amines is 1. The Labute approximate surface area is 105 Å². The summed E-state index contributed by atoms with van der Waals surface area (Å²) in [5.74, 6) is -0.696. The molecule has 90 valence electrons. The number of rotatable bonds is 2. The van der Waals surface area contributed by atoms with Gasteiger partial charge in [0.1, 0.15) is 5.82 Å². The van der Waals surface area contributed by atoms with Gasteiger partial charge in [0, 0.05) is 16.2 Å². The van der Waals surface area contributed by atoms with E-state index in [0.29, 0.717) is 0 Å². The van der Waals surface area contributed by atoms with Gasteiger partial charge in [-0.25, -0.2) is 17.9 Å². The maximum absolute atomic E-state index is 13.2. The molecule has 17 heavy (non-hydrogen) atoms. The summed E-state index contributed by atoms with van der Waals surface area (Å²) in [5, 5.41) is 5.02. The topological polar surface area (TPSA) is 75.7 Å². The predicted molar refractivity (Wildman–Crippen MR) is 59.8 cm³/mol. The zero-order chi connectivity index (χ0) is 12.6. The smallest absolute Gasteiger partial charge is 0.248 e. The highest BCUT2D eigenvalue weighted by atomic mass is 35.7. The number of H-pyrrole nitrogens is 1. The van der Waals surface area contributed by atoms with E-state index in [1.165, 1.54) is 12.1 Å². The Morgan fingerprint density at radius 2 is 2.06 bits per heavy atom. The first-order valence-corrected chi connectivity index (χ1v) is 6.90. The highest BCUT2D eigenvalue weighted by molar-refractivity contribution is 8.13. The van der Waals surface area contributed by atoms with Crippen LogP contribution in [0.1, 0.15) is 0 Å². The fourth-order valence-corrected chi connectivity index (χ4v) is 1.92. The number of benzene rings is 1. The van der Waals surface area contributed by atoms with Gasteiger partial charge in [-0.1, -0.05) is 17.7 Å². The molecule has 2 rings (SSSR count). The van der Waals surface area contributed by atoms with Crippen LogP contribution < -0.4 is 0 Å². The van der Waals surface area contributed by atoms with Crippen molar-refractivity contribution in [3.05, 3.63) is 29.0 Å². The van der Waals surface area contributed by atoms with Crippen LogP contribution in [0.4, 0.5) is 4.39 Å². The lowest BCUT2D eigenvalue weighted by Crippen LogP contribution is -1.93. The highest BCUT2D eigenvalue weighted by Crippen LogP contribution is 2.27. The summed E-state index contributed by atoms with van der Waals surface area (Å²) in [6.07, 6.45) is 0. The second-order valence-electron chi connectivity index (χ2n) is 3.00. The predicted octanol–water partition coefficient (Wildman–Crippen LogP) is 2.19. The molecule has 5 nitrogen and oxygen atoms in total. The molecule has 0 unspecified atom stereocenters. The van der Waals surface area contributed by atoms with Crippen molar-refractivity contribution >= 4 is 31.3 Å². The van der Waals surface area contributed by atoms with E-state index in [1.807, 2.05) is 0 Å². The van der Waals surface area contributed by atoms with Gasteiger partial charge >= 0.3 is 0 Å². The molecule has 0 bridgehead atoms. The first kappa shape index (κ1) is 12.3. The molecule has 0 spiro atoms. The van der Waals surface area contributed by atoms with Crippen LogP contribution in [0.25, 0.3) is 11.4 Å². The average molecular weight is 296 g/mol. The van der Waals surface area contributed by atoms with Crippen LogP contribution in [-0.2, 0) is 9.05 Å². The first-order valence-electron chi connectivity index (χ1n) is 4.21. The molecule has 0 saturated heterocycles. The van der Waals surface area contributed by atoms with Crippen LogP contribution in [-0.4, -0.2) is 23.6 Å². The Morgan fingerprint density at radius 1 is 1.35 bits per heavy atom. The van der Waals surface area contributed by atoms with Crippen molar-refractivity contribution in [2.24, 2.45) is 0 Å². The molecule has 1 aromatic carbocycles. The van der Waals surface area contributed by atoms with Crippen LogP contribution in [0.15, 0.2) is 23.4 Å². The lowest BCUT2D eigenvalue weighted by molar-refractivity contribution is 0.602. The monoisotopic (exact) mass is 295 g/mol. The zero-order valence-corrected chi connectivity index (χ0v) is 10.3. The van der Waals surface area contributed by atoms with E-state index in [9.17, 15) is 12.8 Å². The van der Waals surface area contributed by atoms with E-state index in [0.717, 1.165) is 6.07 Å². The third kappa shape index (κ3) is 2.41. The maximum atomic E-state index is 13.2. The molecule has 9 heteroatoms. The zero-order valence-electron chi connectivity index (χ0n) is 7.99. The number of aromatic nitrogens is 3. The Morgan fingerprint density at radius 3 is 2.65 bits per heavy atom. The Hall–Kier alpha value is -1.18. The van der Waals surface area contributed by atoms with Crippen molar-refractivity contribution < 1.29 is 12.8 Å². The SMILES string of the molecule is O=S(=O)(Cl)c1nc(-c2cccc(F)c2Cl)n[nH]1. The van der Waals surface area contributed by atoms with Crippen LogP contribution in [0.3, 0.4) is 0 Å². The summed E-state index contributed by atoms with van der Waals surface area (Å²) in [6.45, 7) is 0. The summed E-state index contributed by atoms with van der Waals surface area (Å²) < 4.78 is 35.1. The fraction of sp³-hybridized carbons (Fsp3) is 0. The van der Waals surface area contributed by atoms with Gasteiger partial charge in [0.25, 0.3) is 14.2 Å². The second kappa shape index (κ2) is 4.25. The number of nitrogens with one attached hydrogen (secondary N) is 1. The molecular weight excluding hydrogens is 292 g/mol. The maximum Gasteiger partial charge on any atom is 0.296 e. The summed E-state index contributed by atoms with van der Waals surface area (Å²) >= 11 is 5.70. The number of hydrogen-bond donors (Lipinski definition) is 1. The van der Waals surface area contributed by atoms with Gasteiger partial charge < -0.3 is 0 Å². The summed E-state index contributed by atoms with van der Waals surface area (Å²) in [6, 6.07) is 4.03. The van der Waals surface area contributed by atoms with Crippen molar-refractivity contribution in [2.45, 2.75) is 5.16 Å². The first-order chi connectivity index (χ1) is 7.89. The molecular formula is C8H4Cl2FN3O2S. The molecule has 0 aliphatic carbocycles. The van der Waals surface area contributed by atoms with E-state index in [4.69, 9.17) is 22.3 Å². The lowest BCUT2D eigenvalue weighted by Gasteiger charge is -1.99. The molecule has 0 aliphatic heterocycles. The lowest BCUT2D eigenvalue weighted by atomic mass is 10.2. The van der Waals surface area contributed by atoms with Crippen molar-refractivity contribution in [1.82, 2.24) is 15.2 Å². The van der Waals surface area contributed by atoms with E-state index in [-0.39, 0.29) is 16.4 Å². The average Bonchev–Trinajstić information content (AvgIpc) is 2.70. The highest BCUT2D eigenvalue weighted by Gasteiger charge is 2.18. The Kier molecular flexibility index (Phi) is 3.07. The molecule has 0 saturated carbocycles. The van der Waals surface area contributed by atoms with Gasteiger partial charge in [0.15, 0.2) is 5.82 Å². The molecule has 1 N–H and O–H groups in total. The summed E-state index contributed by atoms with van der Waals surface area (Å²) in [5.41, 5.74) is 0.175. The molecule has 0 radical (unpaired) electrons. The molecule has 0 amide bonds. The van der Waals surface area contributed by atoms with Gasteiger partial charge in [-0.2, -0.15) is 10.1 Å². The minimum atomic E-state index is -4.01. The van der Waals surface area contributed by atoms with Crippen molar-refractivity contribution in [1.29, 1.82) is 0 Å². The standard InChI is InChI=1S/C8H4Cl2FN3O2S/c9-6-4(2-1-3-5(6)11)7-12-8(14-13-7)17(10,15)16/h1-3H,(H,12,13,14). The minimum Gasteiger partial charge on any atom is -0.248 e. The summed E-state index contributed by atoms with van der Waals surface area (Å²) in [7, 11) is 1.06. The van der Waals surface area contributed by atoms with E-state index in [1.54, 1.807) is 0 Å². The molecule has 1 aromatic heterocycles. The molecule has 0 atom stereocenters. The van der Waals surface area contributed by atoms with Crippen LogP contribution in [0.5, 0.6) is 0 Å². The van der Waals surface area contributed by atoms with Crippen LogP contribution in [0, 0.1) is 5.82 Å². The largest absolute Gasteiger partial charge is 0.296 e. The van der Waals surface area contributed by atoms with Gasteiger partial charge in [-0.05, 0) is 12.1 Å². The Bertz CT molecular complexity index is 671.